The molecule has 1 aromatic rings. The molecule has 0 radical (unpaired) electrons. The minimum atomic E-state index is -0.558. The Labute approximate surface area is 68.9 Å². The van der Waals surface area contributed by atoms with Gasteiger partial charge in [0.05, 0.1) is 5.02 Å². The predicted octanol–water partition coefficient (Wildman–Crippen LogP) is 1.12. The van der Waals surface area contributed by atoms with E-state index in [1.807, 2.05) is 0 Å². The first-order chi connectivity index (χ1) is 5.24. The Morgan fingerprint density at radius 3 is 2.82 bits per heavy atom. The van der Waals surface area contributed by atoms with Gasteiger partial charge in [-0.05, 0) is 12.1 Å². The quantitative estimate of drug-likeness (QED) is 0.681. The zero-order valence-corrected chi connectivity index (χ0v) is 6.31. The molecule has 5 heteroatoms. The molecular formula is C6H5BClFO2. The van der Waals surface area contributed by atoms with Crippen LogP contribution in [0.2, 0.25) is 5.02 Å². The highest BCUT2D eigenvalue weighted by atomic mass is 35.5. The van der Waals surface area contributed by atoms with Gasteiger partial charge in [0.1, 0.15) is 11.6 Å². The van der Waals surface area contributed by atoms with Gasteiger partial charge >= 0.3 is 7.69 Å². The molecule has 0 atom stereocenters. The van der Waals surface area contributed by atoms with Gasteiger partial charge in [0.2, 0.25) is 0 Å². The van der Waals surface area contributed by atoms with E-state index < -0.39 is 13.5 Å². The average molecular weight is 174 g/mol. The second kappa shape index (κ2) is 3.60. The van der Waals surface area contributed by atoms with Crippen LogP contribution >= 0.6 is 11.6 Å². The first kappa shape index (κ1) is 8.36. The van der Waals surface area contributed by atoms with Crippen molar-refractivity contribution in [2.75, 3.05) is 0 Å². The molecule has 1 N–H and O–H groups in total. The van der Waals surface area contributed by atoms with E-state index in [2.05, 4.69) is 4.65 Å². The van der Waals surface area contributed by atoms with Crippen LogP contribution < -0.4 is 4.65 Å². The molecule has 0 amide bonds. The van der Waals surface area contributed by atoms with Gasteiger partial charge < -0.3 is 9.68 Å². The highest BCUT2D eigenvalue weighted by molar-refractivity contribution is 6.30. The predicted molar refractivity (Wildman–Crippen MR) is 41.4 cm³/mol. The fraction of sp³-hybridized carbons (Fsp3) is 0. The minimum absolute atomic E-state index is 0.0373. The van der Waals surface area contributed by atoms with Crippen LogP contribution in [0.1, 0.15) is 0 Å². The molecular weight excluding hydrogens is 169 g/mol. The van der Waals surface area contributed by atoms with Crippen molar-refractivity contribution < 1.29 is 14.1 Å². The van der Waals surface area contributed by atoms with Gasteiger partial charge in [0.15, 0.2) is 0 Å². The zero-order valence-electron chi connectivity index (χ0n) is 5.55. The van der Waals surface area contributed by atoms with Crippen molar-refractivity contribution in [2.24, 2.45) is 0 Å². The summed E-state index contributed by atoms with van der Waals surface area (Å²) in [5.74, 6) is -0.299. The zero-order chi connectivity index (χ0) is 8.27. The number of hydrogen-bond acceptors (Lipinski definition) is 2. The summed E-state index contributed by atoms with van der Waals surface area (Å²) < 4.78 is 17.2. The molecule has 0 aliphatic heterocycles. The third-order valence-corrected chi connectivity index (χ3v) is 1.43. The molecule has 0 fully saturated rings. The Hall–Kier alpha value is -0.735. The third-order valence-electron chi connectivity index (χ3n) is 1.12. The Morgan fingerprint density at radius 1 is 1.55 bits per heavy atom. The van der Waals surface area contributed by atoms with Crippen molar-refractivity contribution in [1.29, 1.82) is 0 Å². The number of rotatable bonds is 2. The molecule has 0 aromatic heterocycles. The van der Waals surface area contributed by atoms with Crippen LogP contribution in [0.25, 0.3) is 0 Å². The average Bonchev–Trinajstić information content (AvgIpc) is 1.98. The highest BCUT2D eigenvalue weighted by Gasteiger charge is 2.00. The lowest BCUT2D eigenvalue weighted by atomic mass is 10.3. The van der Waals surface area contributed by atoms with E-state index >= 15 is 0 Å². The van der Waals surface area contributed by atoms with Crippen molar-refractivity contribution in [1.82, 2.24) is 0 Å². The van der Waals surface area contributed by atoms with E-state index in [0.717, 1.165) is 6.07 Å². The molecule has 0 heterocycles. The van der Waals surface area contributed by atoms with Gasteiger partial charge in [0, 0.05) is 6.07 Å². The summed E-state index contributed by atoms with van der Waals surface area (Å²) >= 11 is 5.39. The van der Waals surface area contributed by atoms with Crippen molar-refractivity contribution in [3.8, 4) is 5.75 Å². The first-order valence-electron chi connectivity index (χ1n) is 2.93. The number of benzene rings is 1. The van der Waals surface area contributed by atoms with Crippen LogP contribution in [0, 0.1) is 5.82 Å². The molecule has 0 aliphatic rings. The molecule has 0 bridgehead atoms. The number of halogens is 2. The first-order valence-corrected chi connectivity index (χ1v) is 3.30. The lowest BCUT2D eigenvalue weighted by molar-refractivity contribution is 0.451. The standard InChI is InChI=1S/C6H5BClFO2/c8-5-2-1-4(11-7-10)3-6(5)9/h1-3,7,10H. The molecule has 11 heavy (non-hydrogen) atoms. The summed E-state index contributed by atoms with van der Waals surface area (Å²) in [6.07, 6.45) is 0. The highest BCUT2D eigenvalue weighted by Crippen LogP contribution is 2.19. The van der Waals surface area contributed by atoms with Gasteiger partial charge in [-0.25, -0.2) is 4.39 Å². The van der Waals surface area contributed by atoms with Crippen LogP contribution in [-0.2, 0) is 0 Å². The Bertz CT molecular complexity index is 256. The van der Waals surface area contributed by atoms with Gasteiger partial charge in [-0.15, -0.1) is 0 Å². The van der Waals surface area contributed by atoms with Crippen LogP contribution in [0.5, 0.6) is 5.75 Å². The summed E-state index contributed by atoms with van der Waals surface area (Å²) in [6, 6.07) is 3.95. The molecule has 0 aliphatic carbocycles. The van der Waals surface area contributed by atoms with E-state index in [1.165, 1.54) is 12.1 Å². The third kappa shape index (κ3) is 2.10. The maximum absolute atomic E-state index is 12.6. The van der Waals surface area contributed by atoms with E-state index in [4.69, 9.17) is 16.6 Å². The maximum atomic E-state index is 12.6. The molecule has 0 saturated carbocycles. The van der Waals surface area contributed by atoms with Crippen molar-refractivity contribution in [3.63, 3.8) is 0 Å². The second-order valence-corrected chi connectivity index (χ2v) is 2.26. The van der Waals surface area contributed by atoms with Crippen LogP contribution in [0.4, 0.5) is 4.39 Å². The largest absolute Gasteiger partial charge is 0.539 e. The molecule has 2 nitrogen and oxygen atoms in total. The van der Waals surface area contributed by atoms with Gasteiger partial charge in [-0.1, -0.05) is 11.6 Å². The smallest absolute Gasteiger partial charge is 0.504 e. The Balaban J connectivity index is 2.86. The van der Waals surface area contributed by atoms with Crippen LogP contribution in [0.15, 0.2) is 18.2 Å². The second-order valence-electron chi connectivity index (χ2n) is 1.85. The summed E-state index contributed by atoms with van der Waals surface area (Å²) in [5, 5.41) is 8.34. The monoisotopic (exact) mass is 174 g/mol. The maximum Gasteiger partial charge on any atom is 0.504 e. The van der Waals surface area contributed by atoms with Gasteiger partial charge in [0.25, 0.3) is 0 Å². The molecule has 0 saturated heterocycles. The summed E-state index contributed by atoms with van der Waals surface area (Å²) in [5.41, 5.74) is 0. The lowest BCUT2D eigenvalue weighted by Gasteiger charge is -2.01. The van der Waals surface area contributed by atoms with E-state index in [-0.39, 0.29) is 10.8 Å². The number of hydrogen-bond donors (Lipinski definition) is 1. The minimum Gasteiger partial charge on any atom is -0.539 e. The Kier molecular flexibility index (Phi) is 2.73. The van der Waals surface area contributed by atoms with E-state index in [0.29, 0.717) is 0 Å². The fourth-order valence-electron chi connectivity index (χ4n) is 0.641. The van der Waals surface area contributed by atoms with Crippen molar-refractivity contribution >= 4 is 19.3 Å². The summed E-state index contributed by atoms with van der Waals surface area (Å²) in [6.45, 7) is 0. The van der Waals surface area contributed by atoms with E-state index in [1.54, 1.807) is 0 Å². The molecule has 58 valence electrons. The SMILES string of the molecule is OBOc1ccc(Cl)c(F)c1. The fourth-order valence-corrected chi connectivity index (χ4v) is 0.759. The van der Waals surface area contributed by atoms with Crippen LogP contribution in [0.3, 0.4) is 0 Å². The van der Waals surface area contributed by atoms with Gasteiger partial charge in [-0.3, -0.25) is 0 Å². The molecule has 1 aromatic carbocycles. The summed E-state index contributed by atoms with van der Waals surface area (Å²) in [4.78, 5) is 0. The van der Waals surface area contributed by atoms with Crippen molar-refractivity contribution in [3.05, 3.63) is 29.0 Å². The van der Waals surface area contributed by atoms with Crippen molar-refractivity contribution in [2.45, 2.75) is 0 Å². The molecule has 0 unspecified atom stereocenters. The van der Waals surface area contributed by atoms with Gasteiger partial charge in [-0.2, -0.15) is 0 Å². The molecule has 0 spiro atoms. The lowest BCUT2D eigenvalue weighted by Crippen LogP contribution is -1.99. The Morgan fingerprint density at radius 2 is 2.27 bits per heavy atom. The van der Waals surface area contributed by atoms with Crippen LogP contribution in [-0.4, -0.2) is 12.7 Å². The normalized spacial score (nSPS) is 9.36. The molecule has 1 rings (SSSR count). The topological polar surface area (TPSA) is 29.5 Å². The summed E-state index contributed by atoms with van der Waals surface area (Å²) in [7, 11) is -0.471. The van der Waals surface area contributed by atoms with E-state index in [9.17, 15) is 4.39 Å².